The van der Waals surface area contributed by atoms with Crippen LogP contribution in [0.15, 0.2) is 36.4 Å². The first-order valence-corrected chi connectivity index (χ1v) is 10.3. The average Bonchev–Trinajstić information content (AvgIpc) is 3.22. The molecule has 0 bridgehead atoms. The molecule has 2 heterocycles. The van der Waals surface area contributed by atoms with E-state index in [0.29, 0.717) is 18.6 Å². The zero-order chi connectivity index (χ0) is 19.8. The lowest BCUT2D eigenvalue weighted by Gasteiger charge is -2.36. The van der Waals surface area contributed by atoms with Crippen molar-refractivity contribution in [2.75, 3.05) is 17.4 Å². The molecule has 0 radical (unpaired) electrons. The van der Waals surface area contributed by atoms with Gasteiger partial charge in [0, 0.05) is 17.8 Å². The Morgan fingerprint density at radius 1 is 0.966 bits per heavy atom. The van der Waals surface area contributed by atoms with Gasteiger partial charge in [-0.15, -0.1) is 0 Å². The van der Waals surface area contributed by atoms with Gasteiger partial charge in [0.15, 0.2) is 11.5 Å². The maximum Gasteiger partial charge on any atom is 0.235 e. The monoisotopic (exact) mass is 392 g/mol. The van der Waals surface area contributed by atoms with E-state index >= 15 is 0 Å². The summed E-state index contributed by atoms with van der Waals surface area (Å²) in [5.41, 5.74) is 3.09. The molecular formula is C23H24N2O4. The Bertz CT molecular complexity index is 979. The van der Waals surface area contributed by atoms with Gasteiger partial charge in [-0.2, -0.15) is 0 Å². The molecule has 2 aromatic rings. The Hall–Kier alpha value is -3.02. The van der Waals surface area contributed by atoms with E-state index in [0.717, 1.165) is 60.4 Å². The van der Waals surface area contributed by atoms with Crippen LogP contribution in [0.1, 0.15) is 49.7 Å². The number of nitrogens with one attached hydrogen (secondary N) is 2. The smallest absolute Gasteiger partial charge is 0.235 e. The summed E-state index contributed by atoms with van der Waals surface area (Å²) in [5.74, 6) is 1.51. The lowest BCUT2D eigenvalue weighted by molar-refractivity contribution is -0.122. The first-order chi connectivity index (χ1) is 14.1. The second-order valence-electron chi connectivity index (χ2n) is 8.09. The van der Waals surface area contributed by atoms with Gasteiger partial charge in [-0.1, -0.05) is 25.3 Å². The summed E-state index contributed by atoms with van der Waals surface area (Å²) in [7, 11) is 0. The summed E-state index contributed by atoms with van der Waals surface area (Å²) >= 11 is 0. The standard InChI is InChI=1S/C23H24N2O4/c26-21-9-4-15-12-17(6-7-18(15)25-21)24-22(27)23(10-2-1-3-11-23)16-5-8-19-20(13-16)29-14-28-19/h5-8,12-13H,1-4,9-11,14H2,(H,24,27)(H,25,26). The second-order valence-corrected chi connectivity index (χ2v) is 8.09. The molecule has 0 spiro atoms. The van der Waals surface area contributed by atoms with Crippen molar-refractivity contribution in [2.45, 2.75) is 50.4 Å². The van der Waals surface area contributed by atoms with Gasteiger partial charge in [0.25, 0.3) is 0 Å². The number of carbonyl (C=O) groups excluding carboxylic acids is 2. The molecule has 2 N–H and O–H groups in total. The highest BCUT2D eigenvalue weighted by molar-refractivity contribution is 6.00. The van der Waals surface area contributed by atoms with Gasteiger partial charge in [0.2, 0.25) is 18.6 Å². The number of benzene rings is 2. The van der Waals surface area contributed by atoms with Crippen LogP contribution >= 0.6 is 0 Å². The molecular weight excluding hydrogens is 368 g/mol. The minimum atomic E-state index is -0.566. The number of amides is 2. The van der Waals surface area contributed by atoms with E-state index in [1.807, 2.05) is 36.4 Å². The highest BCUT2D eigenvalue weighted by atomic mass is 16.7. The van der Waals surface area contributed by atoms with Crippen molar-refractivity contribution in [1.29, 1.82) is 0 Å². The number of fused-ring (bicyclic) bond motifs is 2. The number of anilines is 2. The Morgan fingerprint density at radius 3 is 2.66 bits per heavy atom. The molecule has 2 aromatic carbocycles. The Morgan fingerprint density at radius 2 is 1.79 bits per heavy atom. The second kappa shape index (κ2) is 7.10. The topological polar surface area (TPSA) is 76.7 Å². The molecule has 6 nitrogen and oxygen atoms in total. The molecule has 0 aromatic heterocycles. The van der Waals surface area contributed by atoms with Crippen LogP contribution in [0.4, 0.5) is 11.4 Å². The molecule has 2 aliphatic heterocycles. The average molecular weight is 392 g/mol. The van der Waals surface area contributed by atoms with Gasteiger partial charge in [-0.05, 0) is 60.7 Å². The van der Waals surface area contributed by atoms with Gasteiger partial charge in [-0.3, -0.25) is 9.59 Å². The van der Waals surface area contributed by atoms with Crippen LogP contribution in [0.3, 0.4) is 0 Å². The summed E-state index contributed by atoms with van der Waals surface area (Å²) in [6.45, 7) is 0.226. The SMILES string of the molecule is O=C1CCc2cc(NC(=O)C3(c4ccc5c(c4)OCO5)CCCCC3)ccc2N1. The van der Waals surface area contributed by atoms with Crippen molar-refractivity contribution in [3.8, 4) is 11.5 Å². The lowest BCUT2D eigenvalue weighted by atomic mass is 9.68. The number of rotatable bonds is 3. The summed E-state index contributed by atoms with van der Waals surface area (Å²) in [6, 6.07) is 11.6. The van der Waals surface area contributed by atoms with Gasteiger partial charge in [-0.25, -0.2) is 0 Å². The number of hydrogen-bond acceptors (Lipinski definition) is 4. The lowest BCUT2D eigenvalue weighted by Crippen LogP contribution is -2.42. The number of carbonyl (C=O) groups is 2. The number of ether oxygens (including phenoxy) is 2. The van der Waals surface area contributed by atoms with Crippen LogP contribution in [0.2, 0.25) is 0 Å². The normalized spacial score (nSPS) is 19.2. The summed E-state index contributed by atoms with van der Waals surface area (Å²) in [4.78, 5) is 25.1. The fraction of sp³-hybridized carbons (Fsp3) is 0.391. The molecule has 3 aliphatic rings. The quantitative estimate of drug-likeness (QED) is 0.823. The molecule has 2 amide bonds. The molecule has 1 fully saturated rings. The van der Waals surface area contributed by atoms with Crippen molar-refractivity contribution in [3.05, 3.63) is 47.5 Å². The van der Waals surface area contributed by atoms with Crippen molar-refractivity contribution in [1.82, 2.24) is 0 Å². The summed E-state index contributed by atoms with van der Waals surface area (Å²) < 4.78 is 11.0. The van der Waals surface area contributed by atoms with Crippen LogP contribution in [0.25, 0.3) is 0 Å². The third kappa shape index (κ3) is 3.22. The highest BCUT2D eigenvalue weighted by Crippen LogP contribution is 2.44. The largest absolute Gasteiger partial charge is 0.454 e. The van der Waals surface area contributed by atoms with Crippen molar-refractivity contribution in [2.24, 2.45) is 0 Å². The predicted octanol–water partition coefficient (Wildman–Crippen LogP) is 4.14. The van der Waals surface area contributed by atoms with Gasteiger partial charge < -0.3 is 20.1 Å². The predicted molar refractivity (Wildman–Crippen MR) is 109 cm³/mol. The van der Waals surface area contributed by atoms with Crippen LogP contribution in [0, 0.1) is 0 Å². The third-order valence-electron chi connectivity index (χ3n) is 6.33. The Labute approximate surface area is 169 Å². The zero-order valence-electron chi connectivity index (χ0n) is 16.3. The van der Waals surface area contributed by atoms with E-state index in [-0.39, 0.29) is 18.6 Å². The van der Waals surface area contributed by atoms with Gasteiger partial charge >= 0.3 is 0 Å². The molecule has 1 aliphatic carbocycles. The van der Waals surface area contributed by atoms with Crippen LogP contribution < -0.4 is 20.1 Å². The van der Waals surface area contributed by atoms with Crippen molar-refractivity contribution < 1.29 is 19.1 Å². The van der Waals surface area contributed by atoms with Crippen molar-refractivity contribution in [3.63, 3.8) is 0 Å². The van der Waals surface area contributed by atoms with Crippen LogP contribution in [-0.2, 0) is 21.4 Å². The highest BCUT2D eigenvalue weighted by Gasteiger charge is 2.42. The molecule has 0 unspecified atom stereocenters. The first kappa shape index (κ1) is 18.0. The minimum Gasteiger partial charge on any atom is -0.454 e. The fourth-order valence-electron chi connectivity index (χ4n) is 4.71. The van der Waals surface area contributed by atoms with E-state index < -0.39 is 5.41 Å². The maximum absolute atomic E-state index is 13.6. The molecule has 5 rings (SSSR count). The summed E-state index contributed by atoms with van der Waals surface area (Å²) in [5, 5.41) is 6.04. The number of aryl methyl sites for hydroxylation is 1. The maximum atomic E-state index is 13.6. The summed E-state index contributed by atoms with van der Waals surface area (Å²) in [6.07, 6.45) is 6.01. The van der Waals surface area contributed by atoms with E-state index in [1.54, 1.807) is 0 Å². The molecule has 0 atom stereocenters. The molecule has 0 saturated heterocycles. The van der Waals surface area contributed by atoms with Gasteiger partial charge in [0.05, 0.1) is 5.41 Å². The van der Waals surface area contributed by atoms with Crippen LogP contribution in [0.5, 0.6) is 11.5 Å². The van der Waals surface area contributed by atoms with E-state index in [2.05, 4.69) is 10.6 Å². The van der Waals surface area contributed by atoms with Gasteiger partial charge in [0.1, 0.15) is 0 Å². The first-order valence-electron chi connectivity index (χ1n) is 10.3. The van der Waals surface area contributed by atoms with Crippen molar-refractivity contribution >= 4 is 23.2 Å². The zero-order valence-corrected chi connectivity index (χ0v) is 16.3. The van der Waals surface area contributed by atoms with E-state index in [4.69, 9.17) is 9.47 Å². The minimum absolute atomic E-state index is 0.0239. The van der Waals surface area contributed by atoms with E-state index in [1.165, 1.54) is 0 Å². The fourth-order valence-corrected chi connectivity index (χ4v) is 4.71. The van der Waals surface area contributed by atoms with Crippen LogP contribution in [-0.4, -0.2) is 18.6 Å². The molecule has 150 valence electrons. The Balaban J connectivity index is 1.44. The molecule has 29 heavy (non-hydrogen) atoms. The molecule has 1 saturated carbocycles. The number of hydrogen-bond donors (Lipinski definition) is 2. The third-order valence-corrected chi connectivity index (χ3v) is 6.33. The van der Waals surface area contributed by atoms with E-state index in [9.17, 15) is 9.59 Å². The Kier molecular flexibility index (Phi) is 4.42. The molecule has 6 heteroatoms.